The van der Waals surface area contributed by atoms with Gasteiger partial charge in [-0.25, -0.2) is 0 Å². The molecule has 4 aromatic rings. The van der Waals surface area contributed by atoms with Crippen LogP contribution < -0.4 is 39.0 Å². The van der Waals surface area contributed by atoms with E-state index in [1.54, 1.807) is 39.6 Å². The summed E-state index contributed by atoms with van der Waals surface area (Å²) in [4.78, 5) is 19.4. The van der Waals surface area contributed by atoms with Crippen LogP contribution in [0.5, 0.6) is 11.5 Å². The minimum absolute atomic E-state index is 0. The topological polar surface area (TPSA) is 81.5 Å². The fourth-order valence-corrected chi connectivity index (χ4v) is 3.16. The number of benzene rings is 2. The second-order valence-electron chi connectivity index (χ2n) is 7.59. The van der Waals surface area contributed by atoms with E-state index in [9.17, 15) is 9.90 Å². The van der Waals surface area contributed by atoms with Crippen molar-refractivity contribution in [3.63, 3.8) is 0 Å². The maximum atomic E-state index is 11.1. The summed E-state index contributed by atoms with van der Waals surface area (Å²) in [6.07, 6.45) is 2.95. The van der Waals surface area contributed by atoms with Gasteiger partial charge in [-0.2, -0.15) is 0 Å². The van der Waals surface area contributed by atoms with Crippen LogP contribution in [0.3, 0.4) is 0 Å². The Labute approximate surface area is 238 Å². The van der Waals surface area contributed by atoms with Crippen LogP contribution in [0.1, 0.15) is 37.6 Å². The van der Waals surface area contributed by atoms with E-state index in [0.29, 0.717) is 11.4 Å². The third kappa shape index (κ3) is 8.61. The Hall–Kier alpha value is -2.97. The molecule has 0 saturated carbocycles. The summed E-state index contributed by atoms with van der Waals surface area (Å²) < 4.78 is 10.2. The van der Waals surface area contributed by atoms with Crippen LogP contribution in [-0.2, 0) is 0 Å². The first kappa shape index (κ1) is 31.1. The van der Waals surface area contributed by atoms with Crippen LogP contribution in [0.15, 0.2) is 85.2 Å². The monoisotopic (exact) mass is 491 g/mol. The average molecular weight is 491 g/mol. The van der Waals surface area contributed by atoms with Gasteiger partial charge in [0.25, 0.3) is 0 Å². The maximum absolute atomic E-state index is 11.1. The molecule has 0 aliphatic carbocycles. The first-order valence-corrected chi connectivity index (χ1v) is 10.8. The molecule has 1 N–H and O–H groups in total. The molecule has 4 rings (SSSR count). The number of hydrogen-bond donors (Lipinski definition) is 1. The molecule has 179 valence electrons. The third-order valence-electron chi connectivity index (χ3n) is 5.19. The summed E-state index contributed by atoms with van der Waals surface area (Å²) in [5.41, 5.74) is 5.31. The summed E-state index contributed by atoms with van der Waals surface area (Å²) >= 11 is 0. The average Bonchev–Trinajstić information content (AvgIpc) is 2.89. The van der Waals surface area contributed by atoms with Crippen molar-refractivity contribution in [1.82, 2.24) is 9.97 Å². The van der Waals surface area contributed by atoms with Crippen molar-refractivity contribution >= 4 is 14.2 Å². The number of aromatic nitrogens is 2. The van der Waals surface area contributed by atoms with Crippen molar-refractivity contribution in [3.05, 3.63) is 96.6 Å². The number of carbonyl (C=O) groups is 1. The molecule has 2 aromatic carbocycles. The van der Waals surface area contributed by atoms with E-state index in [-0.39, 0.29) is 45.2 Å². The molecule has 36 heavy (non-hydrogen) atoms. The summed E-state index contributed by atoms with van der Waals surface area (Å²) in [6.45, 7) is 3.21. The number of carbonyl (C=O) groups excluding carboxylic acids is 1. The van der Waals surface area contributed by atoms with Crippen LogP contribution in [0.4, 0.5) is 0 Å². The van der Waals surface area contributed by atoms with E-state index in [4.69, 9.17) is 9.47 Å². The molecule has 0 aliphatic rings. The number of nitrogens with zero attached hydrogens (tertiary/aromatic N) is 2. The zero-order valence-corrected chi connectivity index (χ0v) is 23.3. The van der Waals surface area contributed by atoms with Crippen molar-refractivity contribution in [3.8, 4) is 33.8 Å². The van der Waals surface area contributed by atoms with Gasteiger partial charge < -0.3 is 16.0 Å². The minimum atomic E-state index is -0.528. The van der Waals surface area contributed by atoms with Crippen LogP contribution in [0, 0.1) is 0 Å². The summed E-state index contributed by atoms with van der Waals surface area (Å²) in [5, 5.41) is 9.37. The molecule has 1 atom stereocenters. The molecular formula is C28H29BN2NaO4. The molecule has 0 saturated heterocycles. The summed E-state index contributed by atoms with van der Waals surface area (Å²) in [5.74, 6) is 1.63. The Morgan fingerprint density at radius 1 is 0.750 bits per heavy atom. The molecule has 2 aromatic heterocycles. The molecule has 0 spiro atoms. The molecule has 0 bridgehead atoms. The van der Waals surface area contributed by atoms with Gasteiger partial charge in [-0.05, 0) is 54.4 Å². The van der Waals surface area contributed by atoms with Gasteiger partial charge in [0.15, 0.2) is 5.78 Å². The molecular weight excluding hydrogens is 462 g/mol. The molecule has 1 unspecified atom stereocenters. The number of rotatable bonds is 6. The van der Waals surface area contributed by atoms with Crippen molar-refractivity contribution in [2.45, 2.75) is 20.0 Å². The van der Waals surface area contributed by atoms with Gasteiger partial charge in [-0.15, -0.1) is 0 Å². The van der Waals surface area contributed by atoms with Gasteiger partial charge in [0.05, 0.1) is 26.0 Å². The minimum Gasteiger partial charge on any atom is -1.00 e. The number of pyridine rings is 2. The molecule has 3 radical (unpaired) electrons. The fourth-order valence-electron chi connectivity index (χ4n) is 3.16. The zero-order chi connectivity index (χ0) is 24.5. The zero-order valence-electron chi connectivity index (χ0n) is 22.3. The standard InChI is InChI=1S/C14H15NO2.C14H13NO2.B.Na.H/c2*1-10(16)14-8-5-12(9-15-14)11-3-6-13(17-2)7-4-11;;;/h3-10,16H,1-2H3;3-9H,1-2H3;;;/q;;;+1;-1. The van der Waals surface area contributed by atoms with Crippen LogP contribution in [0.2, 0.25) is 0 Å². The van der Waals surface area contributed by atoms with E-state index in [1.165, 1.54) is 6.92 Å². The smallest absolute Gasteiger partial charge is 1.00 e. The number of hydrogen-bond acceptors (Lipinski definition) is 6. The van der Waals surface area contributed by atoms with E-state index < -0.39 is 6.10 Å². The van der Waals surface area contributed by atoms with E-state index in [0.717, 1.165) is 33.8 Å². The van der Waals surface area contributed by atoms with Gasteiger partial charge in [0.2, 0.25) is 0 Å². The van der Waals surface area contributed by atoms with Crippen molar-refractivity contribution in [2.75, 3.05) is 14.2 Å². The second kappa shape index (κ2) is 15.2. The second-order valence-corrected chi connectivity index (χ2v) is 7.59. The largest absolute Gasteiger partial charge is 1.00 e. The van der Waals surface area contributed by atoms with Crippen molar-refractivity contribution in [2.24, 2.45) is 0 Å². The number of Topliss-reactive ketones (excluding diaryl/α,β-unsaturated/α-hetero) is 1. The normalized spacial score (nSPS) is 10.5. The van der Waals surface area contributed by atoms with E-state index in [1.807, 2.05) is 66.7 Å². The van der Waals surface area contributed by atoms with Crippen molar-refractivity contribution in [1.29, 1.82) is 0 Å². The Bertz CT molecular complexity index is 1210. The van der Waals surface area contributed by atoms with Gasteiger partial charge in [0, 0.05) is 38.9 Å². The summed E-state index contributed by atoms with van der Waals surface area (Å²) in [7, 11) is 3.28. The number of aliphatic hydroxyl groups excluding tert-OH is 1. The van der Waals surface area contributed by atoms with Crippen LogP contribution in [0.25, 0.3) is 22.3 Å². The van der Waals surface area contributed by atoms with Crippen LogP contribution in [-0.4, -0.2) is 43.5 Å². The van der Waals surface area contributed by atoms with E-state index >= 15 is 0 Å². The third-order valence-corrected chi connectivity index (χ3v) is 5.19. The van der Waals surface area contributed by atoms with E-state index in [2.05, 4.69) is 9.97 Å². The summed E-state index contributed by atoms with van der Waals surface area (Å²) in [6, 6.07) is 22.9. The fraction of sp³-hybridized carbons (Fsp3) is 0.179. The predicted octanol–water partition coefficient (Wildman–Crippen LogP) is 2.51. The Morgan fingerprint density at radius 3 is 1.47 bits per heavy atom. The molecule has 0 fully saturated rings. The molecule has 0 amide bonds. The first-order valence-electron chi connectivity index (χ1n) is 10.8. The van der Waals surface area contributed by atoms with Crippen molar-refractivity contribution < 1.29 is 50.4 Å². The Kier molecular flexibility index (Phi) is 13.1. The number of methoxy groups -OCH3 is 2. The predicted molar refractivity (Wildman–Crippen MR) is 140 cm³/mol. The molecule has 2 heterocycles. The van der Waals surface area contributed by atoms with Gasteiger partial charge in [-0.3, -0.25) is 14.8 Å². The maximum Gasteiger partial charge on any atom is 1.00 e. The van der Waals surface area contributed by atoms with Gasteiger partial charge >= 0.3 is 29.6 Å². The molecule has 0 aliphatic heterocycles. The SMILES string of the molecule is COc1ccc(-c2ccc(C(C)=O)nc2)cc1.COc1ccc(-c2ccc(C(C)O)nc2)cc1.[B].[H-].[Na+]. The number of aliphatic hydroxyl groups is 1. The molecule has 8 heteroatoms. The van der Waals surface area contributed by atoms with Crippen LogP contribution >= 0.6 is 0 Å². The molecule has 6 nitrogen and oxygen atoms in total. The number of ketones is 1. The first-order chi connectivity index (χ1) is 16.4. The van der Waals surface area contributed by atoms with Gasteiger partial charge in [-0.1, -0.05) is 36.4 Å². The number of ether oxygens (including phenoxy) is 2. The van der Waals surface area contributed by atoms with Gasteiger partial charge in [0.1, 0.15) is 17.2 Å². The Morgan fingerprint density at radius 2 is 1.17 bits per heavy atom. The Balaban J connectivity index is 0.000000648. The quantitative estimate of drug-likeness (QED) is 0.330.